The van der Waals surface area contributed by atoms with Crippen LogP contribution in [0, 0.1) is 0 Å². The summed E-state index contributed by atoms with van der Waals surface area (Å²) in [4.78, 5) is 12.2. The summed E-state index contributed by atoms with van der Waals surface area (Å²) in [6.45, 7) is 2.47. The third-order valence-corrected chi connectivity index (χ3v) is 5.51. The molecule has 2 aromatic carbocycles. The fourth-order valence-electron chi connectivity index (χ4n) is 2.39. The first-order valence-corrected chi connectivity index (χ1v) is 9.30. The number of sulfonamides is 1. The van der Waals surface area contributed by atoms with E-state index in [1.165, 1.54) is 36.7 Å². The van der Waals surface area contributed by atoms with Crippen molar-refractivity contribution in [3.05, 3.63) is 59.7 Å². The van der Waals surface area contributed by atoms with E-state index >= 15 is 0 Å². The van der Waals surface area contributed by atoms with Crippen LogP contribution >= 0.6 is 0 Å². The average molecular weight is 362 g/mol. The highest BCUT2D eigenvalue weighted by atomic mass is 32.2. The van der Waals surface area contributed by atoms with Gasteiger partial charge in [-0.15, -0.1) is 0 Å². The number of nitrogens with zero attached hydrogens (tertiary/aromatic N) is 1. The van der Waals surface area contributed by atoms with Gasteiger partial charge in [0.25, 0.3) is 5.91 Å². The van der Waals surface area contributed by atoms with Crippen LogP contribution in [0.1, 0.15) is 22.8 Å². The van der Waals surface area contributed by atoms with Crippen molar-refractivity contribution in [2.75, 3.05) is 20.7 Å². The van der Waals surface area contributed by atoms with E-state index in [1.54, 1.807) is 6.92 Å². The van der Waals surface area contributed by atoms with Gasteiger partial charge in [-0.2, -0.15) is 4.31 Å². The predicted octanol–water partition coefficient (Wildman–Crippen LogP) is 2.27. The molecule has 6 nitrogen and oxygen atoms in total. The van der Waals surface area contributed by atoms with Gasteiger partial charge in [0.1, 0.15) is 5.75 Å². The molecule has 0 radical (unpaired) electrons. The Labute approximate surface area is 148 Å². The minimum absolute atomic E-state index is 0.0491. The highest BCUT2D eigenvalue weighted by Crippen LogP contribution is 2.25. The molecule has 1 amide bonds. The van der Waals surface area contributed by atoms with Crippen molar-refractivity contribution < 1.29 is 17.9 Å². The molecule has 0 heterocycles. The first-order valence-electron chi connectivity index (χ1n) is 7.86. The number of carbonyl (C=O) groups excluding carboxylic acids is 1. The van der Waals surface area contributed by atoms with Crippen molar-refractivity contribution in [1.82, 2.24) is 9.62 Å². The van der Waals surface area contributed by atoms with Gasteiger partial charge in [0.05, 0.1) is 17.6 Å². The van der Waals surface area contributed by atoms with Gasteiger partial charge in [-0.3, -0.25) is 4.79 Å². The van der Waals surface area contributed by atoms with Crippen LogP contribution in [0.3, 0.4) is 0 Å². The lowest BCUT2D eigenvalue weighted by molar-refractivity contribution is 0.0952. The SMILES string of the molecule is CCNC(=O)c1cc(S(=O)(=O)N(C)Cc2ccccc2)ccc1OC. The molecule has 1 N–H and O–H groups in total. The molecular formula is C18H22N2O4S. The molecule has 0 unspecified atom stereocenters. The summed E-state index contributed by atoms with van der Waals surface area (Å²) >= 11 is 0. The molecular weight excluding hydrogens is 340 g/mol. The summed E-state index contributed by atoms with van der Waals surface area (Å²) in [5, 5.41) is 2.66. The van der Waals surface area contributed by atoms with E-state index in [1.807, 2.05) is 30.3 Å². The van der Waals surface area contributed by atoms with E-state index in [9.17, 15) is 13.2 Å². The minimum atomic E-state index is -3.74. The van der Waals surface area contributed by atoms with Crippen molar-refractivity contribution in [2.45, 2.75) is 18.4 Å². The summed E-state index contributed by atoms with van der Waals surface area (Å²) in [7, 11) is -0.785. The Kier molecular flexibility index (Phi) is 6.17. The highest BCUT2D eigenvalue weighted by Gasteiger charge is 2.24. The van der Waals surface area contributed by atoms with Gasteiger partial charge in [-0.1, -0.05) is 30.3 Å². The average Bonchev–Trinajstić information content (AvgIpc) is 2.62. The molecule has 0 aliphatic heterocycles. The zero-order valence-electron chi connectivity index (χ0n) is 14.5. The molecule has 25 heavy (non-hydrogen) atoms. The second kappa shape index (κ2) is 8.13. The Morgan fingerprint density at radius 1 is 1.16 bits per heavy atom. The van der Waals surface area contributed by atoms with Crippen LogP contribution in [0.4, 0.5) is 0 Å². The third kappa shape index (κ3) is 4.37. The number of nitrogens with one attached hydrogen (secondary N) is 1. The van der Waals surface area contributed by atoms with Crippen molar-refractivity contribution in [1.29, 1.82) is 0 Å². The van der Waals surface area contributed by atoms with Crippen LogP contribution in [0.5, 0.6) is 5.75 Å². The van der Waals surface area contributed by atoms with Crippen LogP contribution in [0.2, 0.25) is 0 Å². The number of benzene rings is 2. The lowest BCUT2D eigenvalue weighted by Crippen LogP contribution is -2.27. The van der Waals surface area contributed by atoms with E-state index in [0.717, 1.165) is 5.56 Å². The number of hydrogen-bond donors (Lipinski definition) is 1. The standard InChI is InChI=1S/C18H22N2O4S/c1-4-19-18(21)16-12-15(10-11-17(16)24-3)25(22,23)20(2)13-14-8-6-5-7-9-14/h5-12H,4,13H2,1-3H3,(H,19,21). The highest BCUT2D eigenvalue weighted by molar-refractivity contribution is 7.89. The Balaban J connectivity index is 2.35. The maximum absolute atomic E-state index is 12.8. The Morgan fingerprint density at radius 2 is 1.84 bits per heavy atom. The van der Waals surface area contributed by atoms with Crippen LogP contribution in [0.15, 0.2) is 53.4 Å². The minimum Gasteiger partial charge on any atom is -0.496 e. The number of ether oxygens (including phenoxy) is 1. The quantitative estimate of drug-likeness (QED) is 0.820. The molecule has 0 fully saturated rings. The molecule has 7 heteroatoms. The fourth-order valence-corrected chi connectivity index (χ4v) is 3.57. The summed E-state index contributed by atoms with van der Waals surface area (Å²) < 4.78 is 32.1. The summed E-state index contributed by atoms with van der Waals surface area (Å²) in [6, 6.07) is 13.6. The van der Waals surface area contributed by atoms with Crippen LogP contribution in [-0.4, -0.2) is 39.3 Å². The molecule has 0 aromatic heterocycles. The van der Waals surface area contributed by atoms with Gasteiger partial charge in [-0.25, -0.2) is 8.42 Å². The van der Waals surface area contributed by atoms with Crippen LogP contribution < -0.4 is 10.1 Å². The van der Waals surface area contributed by atoms with E-state index in [2.05, 4.69) is 5.32 Å². The van der Waals surface area contributed by atoms with E-state index in [-0.39, 0.29) is 22.9 Å². The molecule has 0 saturated heterocycles. The van der Waals surface area contributed by atoms with Crippen molar-refractivity contribution in [2.24, 2.45) is 0 Å². The molecule has 0 atom stereocenters. The smallest absolute Gasteiger partial charge is 0.255 e. The summed E-state index contributed by atoms with van der Waals surface area (Å²) in [5.74, 6) is -0.0438. The molecule has 134 valence electrons. The van der Waals surface area contributed by atoms with Gasteiger partial charge in [0.15, 0.2) is 0 Å². The molecule has 0 aliphatic carbocycles. The number of carbonyl (C=O) groups is 1. The van der Waals surface area contributed by atoms with Crippen molar-refractivity contribution >= 4 is 15.9 Å². The maximum atomic E-state index is 12.8. The summed E-state index contributed by atoms with van der Waals surface area (Å²) in [6.07, 6.45) is 0. The Hall–Kier alpha value is -2.38. The van der Waals surface area contributed by atoms with Crippen molar-refractivity contribution in [3.8, 4) is 5.75 Å². The normalized spacial score (nSPS) is 11.4. The zero-order valence-corrected chi connectivity index (χ0v) is 15.3. The topological polar surface area (TPSA) is 75.7 Å². The number of hydrogen-bond acceptors (Lipinski definition) is 4. The van der Waals surface area contributed by atoms with E-state index < -0.39 is 10.0 Å². The van der Waals surface area contributed by atoms with Gasteiger partial charge < -0.3 is 10.1 Å². The lowest BCUT2D eigenvalue weighted by atomic mass is 10.2. The molecule has 2 rings (SSSR count). The van der Waals surface area contributed by atoms with Crippen molar-refractivity contribution in [3.63, 3.8) is 0 Å². The Morgan fingerprint density at radius 3 is 2.44 bits per heavy atom. The zero-order chi connectivity index (χ0) is 18.4. The first kappa shape index (κ1) is 19.0. The molecule has 0 saturated carbocycles. The monoisotopic (exact) mass is 362 g/mol. The molecule has 0 bridgehead atoms. The molecule has 0 spiro atoms. The van der Waals surface area contributed by atoms with Crippen LogP contribution in [0.25, 0.3) is 0 Å². The van der Waals surface area contributed by atoms with Gasteiger partial charge in [0.2, 0.25) is 10.0 Å². The lowest BCUT2D eigenvalue weighted by Gasteiger charge is -2.18. The molecule has 0 aliphatic rings. The largest absolute Gasteiger partial charge is 0.496 e. The van der Waals surface area contributed by atoms with E-state index in [4.69, 9.17) is 4.74 Å². The Bertz CT molecular complexity index is 835. The maximum Gasteiger partial charge on any atom is 0.255 e. The molecule has 2 aromatic rings. The second-order valence-corrected chi connectivity index (χ2v) is 7.51. The fraction of sp³-hybridized carbons (Fsp3) is 0.278. The summed E-state index contributed by atoms with van der Waals surface area (Å²) in [5.41, 5.74) is 1.07. The number of rotatable bonds is 7. The first-order chi connectivity index (χ1) is 11.9. The third-order valence-electron chi connectivity index (χ3n) is 3.71. The van der Waals surface area contributed by atoms with Gasteiger partial charge >= 0.3 is 0 Å². The predicted molar refractivity (Wildman–Crippen MR) is 96.1 cm³/mol. The number of amides is 1. The van der Waals surface area contributed by atoms with E-state index in [0.29, 0.717) is 12.3 Å². The number of methoxy groups -OCH3 is 1. The van der Waals surface area contributed by atoms with Crippen LogP contribution in [-0.2, 0) is 16.6 Å². The van der Waals surface area contributed by atoms with Gasteiger partial charge in [-0.05, 0) is 30.7 Å². The van der Waals surface area contributed by atoms with Gasteiger partial charge in [0, 0.05) is 20.1 Å². The second-order valence-electron chi connectivity index (χ2n) is 5.47.